The van der Waals surface area contributed by atoms with Crippen molar-refractivity contribution in [3.63, 3.8) is 0 Å². The van der Waals surface area contributed by atoms with Gasteiger partial charge in [-0.25, -0.2) is 14.0 Å². The van der Waals surface area contributed by atoms with E-state index >= 15 is 0 Å². The topological polar surface area (TPSA) is 87.7 Å². The second kappa shape index (κ2) is 8.70. The summed E-state index contributed by atoms with van der Waals surface area (Å²) in [5.74, 6) is -2.36. The summed E-state index contributed by atoms with van der Waals surface area (Å²) in [6.45, 7) is 4.62. The molecule has 0 saturated heterocycles. The summed E-state index contributed by atoms with van der Waals surface area (Å²) in [4.78, 5) is 22.5. The molecule has 0 radical (unpaired) electrons. The van der Waals surface area contributed by atoms with E-state index in [1.54, 1.807) is 6.08 Å². The first-order valence-electron chi connectivity index (χ1n) is 6.31. The minimum Gasteiger partial charge on any atom is -0.478 e. The molecule has 3 N–H and O–H groups in total. The summed E-state index contributed by atoms with van der Waals surface area (Å²) in [6.07, 6.45) is 2.44. The predicted molar refractivity (Wildman–Crippen MR) is 76.0 cm³/mol. The third-order valence-corrected chi connectivity index (χ3v) is 2.47. The fraction of sp³-hybridized carbons (Fsp3) is 0.286. The third kappa shape index (κ3) is 5.62. The zero-order valence-corrected chi connectivity index (χ0v) is 11.4. The fourth-order valence-corrected chi connectivity index (χ4v) is 1.52. The minimum atomic E-state index is -1.45. The van der Waals surface area contributed by atoms with Crippen molar-refractivity contribution >= 4 is 17.7 Å². The largest absolute Gasteiger partial charge is 0.478 e. The standard InChI is InChI=1S/C14H17FN2O4/c1-2-3-8-21-9-7-16-14(20)17-11-6-4-5-10(15)12(11)13(18)19/h2,4-6H,1,3,7-9H2,(H,18,19)(H2,16,17,20). The summed E-state index contributed by atoms with van der Waals surface area (Å²) in [5.41, 5.74) is -0.678. The number of benzene rings is 1. The Morgan fingerprint density at radius 2 is 2.14 bits per heavy atom. The predicted octanol–water partition coefficient (Wildman–Crippen LogP) is 2.24. The van der Waals surface area contributed by atoms with Gasteiger partial charge in [-0.15, -0.1) is 6.58 Å². The van der Waals surface area contributed by atoms with Crippen LogP contribution in [-0.2, 0) is 4.74 Å². The molecule has 21 heavy (non-hydrogen) atoms. The molecule has 114 valence electrons. The van der Waals surface area contributed by atoms with Crippen LogP contribution in [0.5, 0.6) is 0 Å². The molecule has 0 aliphatic carbocycles. The van der Waals surface area contributed by atoms with Crippen LogP contribution >= 0.6 is 0 Å². The van der Waals surface area contributed by atoms with E-state index in [9.17, 15) is 14.0 Å². The lowest BCUT2D eigenvalue weighted by Crippen LogP contribution is -2.32. The Morgan fingerprint density at radius 3 is 2.81 bits per heavy atom. The molecule has 2 amide bonds. The van der Waals surface area contributed by atoms with Crippen LogP contribution in [0.3, 0.4) is 0 Å². The van der Waals surface area contributed by atoms with Crippen molar-refractivity contribution in [1.29, 1.82) is 0 Å². The van der Waals surface area contributed by atoms with Crippen molar-refractivity contribution in [2.24, 2.45) is 0 Å². The number of urea groups is 1. The lowest BCUT2D eigenvalue weighted by atomic mass is 10.1. The van der Waals surface area contributed by atoms with E-state index in [4.69, 9.17) is 9.84 Å². The molecule has 0 aliphatic rings. The zero-order chi connectivity index (χ0) is 15.7. The summed E-state index contributed by atoms with van der Waals surface area (Å²) in [7, 11) is 0. The van der Waals surface area contributed by atoms with E-state index in [1.807, 2.05) is 0 Å². The van der Waals surface area contributed by atoms with Gasteiger partial charge in [0.25, 0.3) is 0 Å². The van der Waals surface area contributed by atoms with Gasteiger partial charge < -0.3 is 20.5 Å². The molecule has 0 spiro atoms. The Labute approximate surface area is 121 Å². The van der Waals surface area contributed by atoms with Gasteiger partial charge in [0.1, 0.15) is 11.4 Å². The molecule has 0 aliphatic heterocycles. The molecule has 0 unspecified atom stereocenters. The molecule has 0 heterocycles. The van der Waals surface area contributed by atoms with Crippen molar-refractivity contribution in [3.05, 3.63) is 42.2 Å². The van der Waals surface area contributed by atoms with Gasteiger partial charge in [-0.3, -0.25) is 0 Å². The molecule has 0 fully saturated rings. The second-order valence-electron chi connectivity index (χ2n) is 4.04. The number of carboxylic acid groups (broad SMARTS) is 1. The summed E-state index contributed by atoms with van der Waals surface area (Å²) in [6, 6.07) is 3.01. The first kappa shape index (κ1) is 16.6. The number of aromatic carboxylic acids is 1. The van der Waals surface area contributed by atoms with Crippen molar-refractivity contribution in [2.45, 2.75) is 6.42 Å². The maximum Gasteiger partial charge on any atom is 0.340 e. The van der Waals surface area contributed by atoms with Gasteiger partial charge >= 0.3 is 12.0 Å². The number of rotatable bonds is 8. The Hall–Kier alpha value is -2.41. The lowest BCUT2D eigenvalue weighted by Gasteiger charge is -2.10. The number of carbonyl (C=O) groups excluding carboxylic acids is 1. The summed E-state index contributed by atoms with van der Waals surface area (Å²) < 4.78 is 18.6. The van der Waals surface area contributed by atoms with Gasteiger partial charge in [-0.05, 0) is 18.6 Å². The highest BCUT2D eigenvalue weighted by atomic mass is 19.1. The molecule has 1 aromatic rings. The fourth-order valence-electron chi connectivity index (χ4n) is 1.52. The summed E-state index contributed by atoms with van der Waals surface area (Å²) in [5, 5.41) is 13.7. The van der Waals surface area contributed by atoms with Gasteiger partial charge in [-0.2, -0.15) is 0 Å². The molecule has 0 saturated carbocycles. The quantitative estimate of drug-likeness (QED) is 0.507. The number of ether oxygens (including phenoxy) is 1. The summed E-state index contributed by atoms with van der Waals surface area (Å²) >= 11 is 0. The minimum absolute atomic E-state index is 0.104. The van der Waals surface area contributed by atoms with E-state index < -0.39 is 23.4 Å². The number of nitrogens with one attached hydrogen (secondary N) is 2. The normalized spacial score (nSPS) is 9.95. The molecular formula is C14H17FN2O4. The molecule has 1 rings (SSSR count). The van der Waals surface area contributed by atoms with Crippen LogP contribution in [-0.4, -0.2) is 36.9 Å². The Balaban J connectivity index is 2.46. The maximum absolute atomic E-state index is 13.4. The molecule has 7 heteroatoms. The average molecular weight is 296 g/mol. The van der Waals surface area contributed by atoms with Crippen molar-refractivity contribution in [2.75, 3.05) is 25.1 Å². The maximum atomic E-state index is 13.4. The average Bonchev–Trinajstić information content (AvgIpc) is 2.42. The number of anilines is 1. The molecule has 0 aromatic heterocycles. The van der Waals surface area contributed by atoms with Crippen molar-refractivity contribution in [1.82, 2.24) is 5.32 Å². The van der Waals surface area contributed by atoms with Crippen LogP contribution < -0.4 is 10.6 Å². The number of hydrogen-bond acceptors (Lipinski definition) is 3. The highest BCUT2D eigenvalue weighted by Gasteiger charge is 2.16. The third-order valence-electron chi connectivity index (χ3n) is 2.47. The van der Waals surface area contributed by atoms with Crippen LogP contribution in [0.1, 0.15) is 16.8 Å². The number of carbonyl (C=O) groups is 2. The molecule has 0 atom stereocenters. The smallest absolute Gasteiger partial charge is 0.340 e. The number of amides is 2. The Bertz CT molecular complexity index is 520. The lowest BCUT2D eigenvalue weighted by molar-refractivity contribution is 0.0693. The van der Waals surface area contributed by atoms with E-state index in [0.717, 1.165) is 12.5 Å². The molecule has 0 bridgehead atoms. The van der Waals surface area contributed by atoms with Crippen LogP contribution in [0.2, 0.25) is 0 Å². The molecule has 6 nitrogen and oxygen atoms in total. The second-order valence-corrected chi connectivity index (χ2v) is 4.04. The molecular weight excluding hydrogens is 279 g/mol. The first-order chi connectivity index (χ1) is 10.1. The van der Waals surface area contributed by atoms with E-state index in [2.05, 4.69) is 17.2 Å². The first-order valence-corrected chi connectivity index (χ1v) is 6.31. The highest BCUT2D eigenvalue weighted by Crippen LogP contribution is 2.18. The highest BCUT2D eigenvalue weighted by molar-refractivity contribution is 6.00. The van der Waals surface area contributed by atoms with Crippen LogP contribution in [0.25, 0.3) is 0 Å². The van der Waals surface area contributed by atoms with Crippen LogP contribution in [0.15, 0.2) is 30.9 Å². The Kier molecular flexibility index (Phi) is 6.90. The monoisotopic (exact) mass is 296 g/mol. The van der Waals surface area contributed by atoms with Gasteiger partial charge in [0, 0.05) is 6.54 Å². The van der Waals surface area contributed by atoms with E-state index in [-0.39, 0.29) is 12.2 Å². The van der Waals surface area contributed by atoms with Gasteiger partial charge in [0.15, 0.2) is 0 Å². The van der Waals surface area contributed by atoms with Gasteiger partial charge in [-0.1, -0.05) is 12.1 Å². The Morgan fingerprint density at radius 1 is 1.38 bits per heavy atom. The molecule has 1 aromatic carbocycles. The van der Waals surface area contributed by atoms with Crippen LogP contribution in [0, 0.1) is 5.82 Å². The van der Waals surface area contributed by atoms with Crippen molar-refractivity contribution < 1.29 is 23.8 Å². The number of halogens is 1. The van der Waals surface area contributed by atoms with Crippen molar-refractivity contribution in [3.8, 4) is 0 Å². The van der Waals surface area contributed by atoms with E-state index in [1.165, 1.54) is 12.1 Å². The zero-order valence-electron chi connectivity index (χ0n) is 11.4. The van der Waals surface area contributed by atoms with Gasteiger partial charge in [0.05, 0.1) is 18.9 Å². The van der Waals surface area contributed by atoms with Crippen LogP contribution in [0.4, 0.5) is 14.9 Å². The number of hydrogen-bond donors (Lipinski definition) is 3. The SMILES string of the molecule is C=CCCOCCNC(=O)Nc1cccc(F)c1C(=O)O. The van der Waals surface area contributed by atoms with Gasteiger partial charge in [0.2, 0.25) is 0 Å². The van der Waals surface area contributed by atoms with E-state index in [0.29, 0.717) is 13.2 Å². The number of carboxylic acids is 1.